The molecule has 0 heterocycles. The largest absolute Gasteiger partial charge is 0.301 e. The fourth-order valence-electron chi connectivity index (χ4n) is 1.04. The first-order chi connectivity index (χ1) is 8.41. The van der Waals surface area contributed by atoms with Gasteiger partial charge in [0.25, 0.3) is 5.69 Å². The number of hydrogen-bond donors (Lipinski definition) is 1. The van der Waals surface area contributed by atoms with Crippen LogP contribution in [0.15, 0.2) is 23.3 Å². The summed E-state index contributed by atoms with van der Waals surface area (Å²) >= 11 is 10.7. The molecular weight excluding hydrogens is 287 g/mol. The highest BCUT2D eigenvalue weighted by molar-refractivity contribution is 6.51. The number of halogens is 2. The van der Waals surface area contributed by atoms with E-state index in [1.54, 1.807) is 0 Å². The van der Waals surface area contributed by atoms with Gasteiger partial charge >= 0.3 is 5.69 Å². The van der Waals surface area contributed by atoms with Gasteiger partial charge in [-0.25, -0.2) is 0 Å². The highest BCUT2D eigenvalue weighted by atomic mass is 35.5. The molecule has 0 aliphatic carbocycles. The zero-order valence-electron chi connectivity index (χ0n) is 8.62. The minimum Gasteiger partial charge on any atom is -0.272 e. The molecule has 0 amide bonds. The second-order valence-corrected chi connectivity index (χ2v) is 4.10. The summed E-state index contributed by atoms with van der Waals surface area (Å²) in [6.07, 6.45) is 1.11. The minimum absolute atomic E-state index is 0.00386. The molecule has 0 saturated carbocycles. The number of alkyl halides is 2. The average molecular weight is 293 g/mol. The molecule has 1 aromatic carbocycles. The van der Waals surface area contributed by atoms with Crippen LogP contribution in [0.25, 0.3) is 0 Å². The van der Waals surface area contributed by atoms with E-state index in [9.17, 15) is 20.2 Å². The Morgan fingerprint density at radius 1 is 1.28 bits per heavy atom. The Morgan fingerprint density at radius 2 is 1.94 bits per heavy atom. The van der Waals surface area contributed by atoms with E-state index in [0.717, 1.165) is 18.3 Å². The summed E-state index contributed by atoms with van der Waals surface area (Å²) in [5.41, 5.74) is 1.47. The number of hydrogen-bond acceptors (Lipinski definition) is 6. The van der Waals surface area contributed by atoms with Gasteiger partial charge in [-0.1, -0.05) is 23.2 Å². The van der Waals surface area contributed by atoms with Gasteiger partial charge in [-0.2, -0.15) is 5.10 Å². The van der Waals surface area contributed by atoms with Crippen LogP contribution in [-0.4, -0.2) is 20.9 Å². The van der Waals surface area contributed by atoms with Gasteiger partial charge in [0.15, 0.2) is 0 Å². The summed E-state index contributed by atoms with van der Waals surface area (Å²) in [6, 6.07) is 3.12. The van der Waals surface area contributed by atoms with E-state index >= 15 is 0 Å². The Balaban J connectivity index is 3.04. The molecule has 0 unspecified atom stereocenters. The fraction of sp³-hybridized carbons (Fsp3) is 0.125. The van der Waals surface area contributed by atoms with Crippen molar-refractivity contribution >= 4 is 46.5 Å². The average Bonchev–Trinajstić information content (AvgIpc) is 2.28. The second-order valence-electron chi connectivity index (χ2n) is 2.94. The second kappa shape index (κ2) is 6.12. The maximum atomic E-state index is 10.7. The number of nitrogens with one attached hydrogen (secondary N) is 1. The van der Waals surface area contributed by atoms with Gasteiger partial charge in [0.1, 0.15) is 10.5 Å². The predicted molar refractivity (Wildman–Crippen MR) is 67.4 cm³/mol. The smallest absolute Gasteiger partial charge is 0.272 e. The summed E-state index contributed by atoms with van der Waals surface area (Å²) in [5.74, 6) is 0. The summed E-state index contributed by atoms with van der Waals surface area (Å²) in [6.45, 7) is 0. The third kappa shape index (κ3) is 3.82. The number of benzene rings is 1. The Kier molecular flexibility index (Phi) is 4.81. The third-order valence-electron chi connectivity index (χ3n) is 1.76. The van der Waals surface area contributed by atoms with Crippen LogP contribution in [0.2, 0.25) is 0 Å². The van der Waals surface area contributed by atoms with Gasteiger partial charge in [0, 0.05) is 6.07 Å². The number of nitrogens with zero attached hydrogens (tertiary/aromatic N) is 3. The van der Waals surface area contributed by atoms with Gasteiger partial charge in [0.2, 0.25) is 0 Å². The van der Waals surface area contributed by atoms with Crippen molar-refractivity contribution in [2.24, 2.45) is 5.10 Å². The van der Waals surface area contributed by atoms with Crippen molar-refractivity contribution in [3.05, 3.63) is 38.4 Å². The lowest BCUT2D eigenvalue weighted by molar-refractivity contribution is -0.393. The first-order valence-corrected chi connectivity index (χ1v) is 5.29. The minimum atomic E-state index is -0.866. The molecule has 0 radical (unpaired) electrons. The Hall–Kier alpha value is -1.93. The van der Waals surface area contributed by atoms with E-state index in [1.165, 1.54) is 6.07 Å². The van der Waals surface area contributed by atoms with E-state index in [1.807, 2.05) is 0 Å². The molecule has 0 atom stereocenters. The molecule has 10 heteroatoms. The lowest BCUT2D eigenvalue weighted by Crippen LogP contribution is -1.99. The van der Waals surface area contributed by atoms with Gasteiger partial charge in [-0.05, 0) is 6.07 Å². The Labute approximate surface area is 110 Å². The predicted octanol–water partition coefficient (Wildman–Crippen LogP) is 2.70. The monoisotopic (exact) mass is 292 g/mol. The van der Waals surface area contributed by atoms with Crippen LogP contribution in [0.1, 0.15) is 0 Å². The van der Waals surface area contributed by atoms with Crippen molar-refractivity contribution in [2.75, 3.05) is 5.43 Å². The number of hydrazone groups is 1. The first-order valence-electron chi connectivity index (χ1n) is 4.42. The topological polar surface area (TPSA) is 111 Å². The van der Waals surface area contributed by atoms with Crippen molar-refractivity contribution in [3.63, 3.8) is 0 Å². The molecule has 8 nitrogen and oxygen atoms in total. The molecule has 18 heavy (non-hydrogen) atoms. The van der Waals surface area contributed by atoms with Crippen LogP contribution in [0, 0.1) is 20.2 Å². The van der Waals surface area contributed by atoms with Crippen molar-refractivity contribution in [1.82, 2.24) is 0 Å². The van der Waals surface area contributed by atoms with Gasteiger partial charge in [0.05, 0.1) is 22.1 Å². The molecule has 1 aromatic rings. The Morgan fingerprint density at radius 3 is 2.44 bits per heavy atom. The number of rotatable bonds is 5. The Bertz CT molecular complexity index is 506. The molecular formula is C8H6Cl2N4O4. The SMILES string of the molecule is O=[N+]([O-])c1ccc(N/N=C/C(Cl)Cl)c([N+](=O)[O-])c1. The summed E-state index contributed by atoms with van der Waals surface area (Å²) in [4.78, 5) is 18.9. The molecule has 1 rings (SSSR count). The van der Waals surface area contributed by atoms with Crippen LogP contribution in [0.4, 0.5) is 17.1 Å². The van der Waals surface area contributed by atoms with Crippen LogP contribution in [-0.2, 0) is 0 Å². The van der Waals surface area contributed by atoms with E-state index < -0.39 is 20.4 Å². The van der Waals surface area contributed by atoms with Crippen LogP contribution < -0.4 is 5.43 Å². The maximum absolute atomic E-state index is 10.7. The van der Waals surface area contributed by atoms with Crippen molar-refractivity contribution < 1.29 is 9.85 Å². The lowest BCUT2D eigenvalue weighted by Gasteiger charge is -2.01. The van der Waals surface area contributed by atoms with Gasteiger partial charge < -0.3 is 0 Å². The maximum Gasteiger partial charge on any atom is 0.301 e. The highest BCUT2D eigenvalue weighted by Gasteiger charge is 2.18. The molecule has 0 spiro atoms. The number of anilines is 1. The van der Waals surface area contributed by atoms with E-state index in [4.69, 9.17) is 23.2 Å². The van der Waals surface area contributed by atoms with E-state index in [-0.39, 0.29) is 11.4 Å². The normalized spacial score (nSPS) is 10.8. The van der Waals surface area contributed by atoms with E-state index in [2.05, 4.69) is 10.5 Å². The summed E-state index contributed by atoms with van der Waals surface area (Å²) < 4.78 is 0. The van der Waals surface area contributed by atoms with Gasteiger partial charge in [-0.15, -0.1) is 0 Å². The van der Waals surface area contributed by atoms with E-state index in [0.29, 0.717) is 0 Å². The fourth-order valence-corrected chi connectivity index (χ4v) is 1.16. The van der Waals surface area contributed by atoms with Crippen LogP contribution in [0.5, 0.6) is 0 Å². The van der Waals surface area contributed by atoms with Gasteiger partial charge in [-0.3, -0.25) is 25.7 Å². The number of nitro groups is 2. The zero-order chi connectivity index (χ0) is 13.7. The molecule has 0 aliphatic rings. The third-order valence-corrected chi connectivity index (χ3v) is 1.99. The van der Waals surface area contributed by atoms with Crippen LogP contribution >= 0.6 is 23.2 Å². The zero-order valence-corrected chi connectivity index (χ0v) is 10.1. The molecule has 0 fully saturated rings. The number of nitro benzene ring substituents is 2. The van der Waals surface area contributed by atoms with Crippen LogP contribution in [0.3, 0.4) is 0 Å². The lowest BCUT2D eigenvalue weighted by atomic mass is 10.2. The molecule has 96 valence electrons. The first kappa shape index (κ1) is 14.1. The molecule has 0 aromatic heterocycles. The molecule has 0 aliphatic heterocycles. The quantitative estimate of drug-likeness (QED) is 0.388. The van der Waals surface area contributed by atoms with Crippen molar-refractivity contribution in [3.8, 4) is 0 Å². The molecule has 0 saturated heterocycles. The molecule has 1 N–H and O–H groups in total. The standard InChI is InChI=1S/C8H6Cl2N4O4/c9-8(10)4-11-12-6-2-1-5(13(15)16)3-7(6)14(17)18/h1-4,8,12H/b11-4+. The molecule has 0 bridgehead atoms. The summed E-state index contributed by atoms with van der Waals surface area (Å²) in [5, 5.41) is 24.8. The van der Waals surface area contributed by atoms with Crippen molar-refractivity contribution in [1.29, 1.82) is 0 Å². The van der Waals surface area contributed by atoms with Crippen molar-refractivity contribution in [2.45, 2.75) is 4.84 Å². The number of non-ortho nitro benzene ring substituents is 1. The highest BCUT2D eigenvalue weighted by Crippen LogP contribution is 2.28. The summed E-state index contributed by atoms with van der Waals surface area (Å²) in [7, 11) is 0.